The lowest BCUT2D eigenvalue weighted by Gasteiger charge is -2.10. The van der Waals surface area contributed by atoms with Gasteiger partial charge in [-0.25, -0.2) is 0 Å². The van der Waals surface area contributed by atoms with Crippen LogP contribution >= 0.6 is 0 Å². The normalized spacial score (nSPS) is 10.2. The first-order valence-electron chi connectivity index (χ1n) is 7.64. The van der Waals surface area contributed by atoms with Crippen LogP contribution < -0.4 is 15.4 Å². The van der Waals surface area contributed by atoms with E-state index in [-0.39, 0.29) is 0 Å². The SMILES string of the molecule is COc1ccccc1CNc1cnnc(Nc2ccc(C)cc2)n1. The molecule has 0 saturated heterocycles. The van der Waals surface area contributed by atoms with Gasteiger partial charge in [-0.3, -0.25) is 0 Å². The third-order valence-electron chi connectivity index (χ3n) is 3.52. The van der Waals surface area contributed by atoms with Crippen LogP contribution in [0.1, 0.15) is 11.1 Å². The molecule has 0 amide bonds. The van der Waals surface area contributed by atoms with Crippen molar-refractivity contribution in [2.75, 3.05) is 17.7 Å². The largest absolute Gasteiger partial charge is 0.496 e. The van der Waals surface area contributed by atoms with Crippen LogP contribution in [0.2, 0.25) is 0 Å². The monoisotopic (exact) mass is 321 g/mol. The fourth-order valence-corrected chi connectivity index (χ4v) is 2.24. The first-order chi connectivity index (χ1) is 11.7. The summed E-state index contributed by atoms with van der Waals surface area (Å²) >= 11 is 0. The molecule has 6 heteroatoms. The summed E-state index contributed by atoms with van der Waals surface area (Å²) in [6, 6.07) is 15.9. The van der Waals surface area contributed by atoms with Gasteiger partial charge in [-0.2, -0.15) is 10.1 Å². The molecule has 0 saturated carbocycles. The summed E-state index contributed by atoms with van der Waals surface area (Å²) in [6.45, 7) is 2.64. The van der Waals surface area contributed by atoms with Gasteiger partial charge in [-0.05, 0) is 25.1 Å². The number of hydrogen-bond acceptors (Lipinski definition) is 6. The van der Waals surface area contributed by atoms with E-state index >= 15 is 0 Å². The number of hydrogen-bond donors (Lipinski definition) is 2. The quantitative estimate of drug-likeness (QED) is 0.723. The lowest BCUT2D eigenvalue weighted by atomic mass is 10.2. The van der Waals surface area contributed by atoms with Crippen LogP contribution in [0.15, 0.2) is 54.7 Å². The third-order valence-corrected chi connectivity index (χ3v) is 3.52. The molecular formula is C18H19N5O. The van der Waals surface area contributed by atoms with Crippen molar-refractivity contribution in [3.8, 4) is 5.75 Å². The highest BCUT2D eigenvalue weighted by Gasteiger charge is 2.04. The topological polar surface area (TPSA) is 72.0 Å². The Kier molecular flexibility index (Phi) is 4.86. The zero-order valence-corrected chi connectivity index (χ0v) is 13.7. The Morgan fingerprint density at radius 1 is 1.04 bits per heavy atom. The second-order valence-corrected chi connectivity index (χ2v) is 5.32. The fraction of sp³-hybridized carbons (Fsp3) is 0.167. The summed E-state index contributed by atoms with van der Waals surface area (Å²) in [5, 5.41) is 14.4. The number of aryl methyl sites for hydroxylation is 1. The van der Waals surface area contributed by atoms with Crippen LogP contribution in [-0.2, 0) is 6.54 Å². The number of nitrogens with zero attached hydrogens (tertiary/aromatic N) is 3. The molecule has 0 bridgehead atoms. The van der Waals surface area contributed by atoms with E-state index in [4.69, 9.17) is 4.74 Å². The third kappa shape index (κ3) is 3.98. The molecule has 0 aliphatic carbocycles. The predicted octanol–water partition coefficient (Wildman–Crippen LogP) is 3.54. The number of nitrogens with one attached hydrogen (secondary N) is 2. The van der Waals surface area contributed by atoms with Crippen molar-refractivity contribution in [2.45, 2.75) is 13.5 Å². The Bertz CT molecular complexity index is 805. The maximum Gasteiger partial charge on any atom is 0.249 e. The van der Waals surface area contributed by atoms with Gasteiger partial charge in [0.1, 0.15) is 5.75 Å². The molecule has 0 spiro atoms. The highest BCUT2D eigenvalue weighted by molar-refractivity contribution is 5.54. The Morgan fingerprint density at radius 2 is 1.83 bits per heavy atom. The molecular weight excluding hydrogens is 302 g/mol. The Morgan fingerprint density at radius 3 is 2.62 bits per heavy atom. The summed E-state index contributed by atoms with van der Waals surface area (Å²) in [6.07, 6.45) is 1.59. The minimum absolute atomic E-state index is 0.448. The maximum atomic E-state index is 5.35. The molecule has 1 heterocycles. The number of benzene rings is 2. The van der Waals surface area contributed by atoms with Crippen molar-refractivity contribution in [3.63, 3.8) is 0 Å². The number of ether oxygens (including phenoxy) is 1. The molecule has 122 valence electrons. The van der Waals surface area contributed by atoms with Gasteiger partial charge in [0.05, 0.1) is 13.3 Å². The van der Waals surface area contributed by atoms with Crippen LogP contribution in [0.4, 0.5) is 17.5 Å². The first kappa shape index (κ1) is 15.7. The van der Waals surface area contributed by atoms with Crippen molar-refractivity contribution in [1.82, 2.24) is 15.2 Å². The summed E-state index contributed by atoms with van der Waals surface area (Å²) in [4.78, 5) is 4.42. The van der Waals surface area contributed by atoms with Crippen LogP contribution in [0.25, 0.3) is 0 Å². The Balaban J connectivity index is 1.68. The first-order valence-corrected chi connectivity index (χ1v) is 7.64. The smallest absolute Gasteiger partial charge is 0.249 e. The van der Waals surface area contributed by atoms with E-state index in [1.54, 1.807) is 13.3 Å². The van der Waals surface area contributed by atoms with Gasteiger partial charge in [0.25, 0.3) is 0 Å². The highest BCUT2D eigenvalue weighted by atomic mass is 16.5. The summed E-state index contributed by atoms with van der Waals surface area (Å²) in [7, 11) is 1.66. The molecule has 3 aromatic rings. The van der Waals surface area contributed by atoms with Crippen LogP contribution in [-0.4, -0.2) is 22.3 Å². The molecule has 0 fully saturated rings. The molecule has 1 aromatic heterocycles. The molecule has 0 radical (unpaired) electrons. The minimum Gasteiger partial charge on any atom is -0.496 e. The number of anilines is 3. The fourth-order valence-electron chi connectivity index (χ4n) is 2.24. The zero-order chi connectivity index (χ0) is 16.8. The van der Waals surface area contributed by atoms with E-state index in [1.165, 1.54) is 5.56 Å². The molecule has 24 heavy (non-hydrogen) atoms. The van der Waals surface area contributed by atoms with Gasteiger partial charge >= 0.3 is 0 Å². The Hall–Kier alpha value is -3.15. The van der Waals surface area contributed by atoms with E-state index in [9.17, 15) is 0 Å². The summed E-state index contributed by atoms with van der Waals surface area (Å²) in [5.74, 6) is 1.93. The molecule has 2 aromatic carbocycles. The van der Waals surface area contributed by atoms with E-state index in [2.05, 4.69) is 25.8 Å². The maximum absolute atomic E-state index is 5.35. The van der Waals surface area contributed by atoms with Crippen molar-refractivity contribution in [3.05, 3.63) is 65.9 Å². The molecule has 0 atom stereocenters. The van der Waals surface area contributed by atoms with Gasteiger partial charge in [0, 0.05) is 17.8 Å². The van der Waals surface area contributed by atoms with Crippen molar-refractivity contribution < 1.29 is 4.74 Å². The average Bonchev–Trinajstić information content (AvgIpc) is 2.62. The molecule has 6 nitrogen and oxygen atoms in total. The van der Waals surface area contributed by atoms with Gasteiger partial charge in [0.2, 0.25) is 5.95 Å². The zero-order valence-electron chi connectivity index (χ0n) is 13.7. The van der Waals surface area contributed by atoms with Gasteiger partial charge in [-0.1, -0.05) is 35.9 Å². The number of methoxy groups -OCH3 is 1. The predicted molar refractivity (Wildman–Crippen MR) is 94.6 cm³/mol. The number of rotatable bonds is 6. The van der Waals surface area contributed by atoms with Crippen LogP contribution in [0.5, 0.6) is 5.75 Å². The van der Waals surface area contributed by atoms with E-state index in [0.29, 0.717) is 18.3 Å². The van der Waals surface area contributed by atoms with Gasteiger partial charge in [-0.15, -0.1) is 5.10 Å². The standard InChI is InChI=1S/C18H19N5O/c1-13-7-9-15(10-8-13)21-18-22-17(12-20-23-18)19-11-14-5-3-4-6-16(14)24-2/h3-10,12H,11H2,1-2H3,(H2,19,21,22,23). The van der Waals surface area contributed by atoms with Crippen molar-refractivity contribution in [1.29, 1.82) is 0 Å². The van der Waals surface area contributed by atoms with Crippen LogP contribution in [0, 0.1) is 6.92 Å². The molecule has 2 N–H and O–H groups in total. The molecule has 0 aliphatic rings. The lowest BCUT2D eigenvalue weighted by molar-refractivity contribution is 0.410. The highest BCUT2D eigenvalue weighted by Crippen LogP contribution is 2.19. The molecule has 0 unspecified atom stereocenters. The Labute approximate surface area is 140 Å². The van der Waals surface area contributed by atoms with Crippen molar-refractivity contribution in [2.24, 2.45) is 0 Å². The second kappa shape index (κ2) is 7.41. The van der Waals surface area contributed by atoms with E-state index < -0.39 is 0 Å². The average molecular weight is 321 g/mol. The lowest BCUT2D eigenvalue weighted by Crippen LogP contribution is -2.06. The second-order valence-electron chi connectivity index (χ2n) is 5.32. The van der Waals surface area contributed by atoms with Crippen molar-refractivity contribution >= 4 is 17.5 Å². The van der Waals surface area contributed by atoms with Gasteiger partial charge < -0.3 is 15.4 Å². The van der Waals surface area contributed by atoms with E-state index in [0.717, 1.165) is 17.0 Å². The summed E-state index contributed by atoms with van der Waals surface area (Å²) in [5.41, 5.74) is 3.17. The number of aromatic nitrogens is 3. The molecule has 3 rings (SSSR count). The van der Waals surface area contributed by atoms with Gasteiger partial charge in [0.15, 0.2) is 5.82 Å². The van der Waals surface area contributed by atoms with E-state index in [1.807, 2.05) is 55.5 Å². The summed E-state index contributed by atoms with van der Waals surface area (Å²) < 4.78 is 5.35. The van der Waals surface area contributed by atoms with Crippen LogP contribution in [0.3, 0.4) is 0 Å². The number of para-hydroxylation sites is 1. The molecule has 0 aliphatic heterocycles. The minimum atomic E-state index is 0.448.